The Labute approximate surface area is 525 Å². The van der Waals surface area contributed by atoms with Crippen molar-refractivity contribution in [3.8, 4) is 94.8 Å². The molecule has 0 amide bonds. The second-order valence-electron chi connectivity index (χ2n) is 22.1. The Bertz CT molecular complexity index is 3600. The van der Waals surface area contributed by atoms with Crippen LogP contribution in [-0.2, 0) is 42.6 Å². The van der Waals surface area contributed by atoms with E-state index < -0.39 is 0 Å². The van der Waals surface area contributed by atoms with Crippen molar-refractivity contribution in [1.82, 2.24) is 0 Å². The van der Waals surface area contributed by atoms with Crippen LogP contribution in [0.2, 0.25) is 0 Å². The van der Waals surface area contributed by atoms with E-state index in [4.69, 9.17) is 47.4 Å². The lowest BCUT2D eigenvalue weighted by Crippen LogP contribution is -2.15. The van der Waals surface area contributed by atoms with E-state index in [0.29, 0.717) is 125 Å². The molecule has 10 heteroatoms. The van der Waals surface area contributed by atoms with E-state index in [0.717, 1.165) is 29.1 Å². The average Bonchev–Trinajstić information content (AvgIpc) is 3.51. The van der Waals surface area contributed by atoms with Crippen LogP contribution in [0.3, 0.4) is 0 Å². The van der Waals surface area contributed by atoms with Crippen molar-refractivity contribution in [2.75, 3.05) is 119 Å². The van der Waals surface area contributed by atoms with Crippen molar-refractivity contribution in [1.29, 1.82) is 0 Å². The average molecular weight is 1190 g/mol. The number of allylic oxidation sites excluding steroid dienone is 4. The first-order valence-electron chi connectivity index (χ1n) is 31.3. The lowest BCUT2D eigenvalue weighted by Gasteiger charge is -2.22. The van der Waals surface area contributed by atoms with Gasteiger partial charge in [-0.2, -0.15) is 0 Å². The molecule has 1 atom stereocenters. The van der Waals surface area contributed by atoms with Crippen molar-refractivity contribution >= 4 is 5.57 Å². The quantitative estimate of drug-likeness (QED) is 0.146. The van der Waals surface area contributed by atoms with Gasteiger partial charge in [0.15, 0.2) is 0 Å². The highest BCUT2D eigenvalue weighted by molar-refractivity contribution is 5.79. The Hall–Kier alpha value is -8.26. The summed E-state index contributed by atoms with van der Waals surface area (Å²) in [5.41, 5.74) is 21.5. The standard InChI is InChI=1S/C79H80O10/c1-59-58-78-38-39-79(59)76-32-30-74(31-33-76)72-24-22-70(23-25-72)68-16-14-66(15-17-68)64-8-6-62(7-9-64)60-2-4-61(5-3-60)63-10-12-65(13-11-63)67-18-20-69(21-19-67)71-26-28-73(29-27-71)75-34-36-77(37-35-75)88-56-54-86-52-50-84-48-46-82-44-42-80-40-41-81-43-45-83-47-49-85-51-53-87-55-57-89-78/h2-39,59H,40-58H2,1H3. The van der Waals surface area contributed by atoms with Gasteiger partial charge in [0, 0.05) is 6.42 Å². The van der Waals surface area contributed by atoms with E-state index in [9.17, 15) is 0 Å². The zero-order chi connectivity index (χ0) is 60.5. The molecule has 0 N–H and O–H groups in total. The monoisotopic (exact) mass is 1190 g/mol. The summed E-state index contributed by atoms with van der Waals surface area (Å²) in [6, 6.07) is 79.1. The van der Waals surface area contributed by atoms with Crippen molar-refractivity contribution < 1.29 is 47.4 Å². The minimum atomic E-state index is 0.336. The summed E-state index contributed by atoms with van der Waals surface area (Å²) in [7, 11) is 0. The van der Waals surface area contributed by atoms with Gasteiger partial charge >= 0.3 is 0 Å². The minimum Gasteiger partial charge on any atom is -0.496 e. The molecule has 0 radical (unpaired) electrons. The molecule has 9 aromatic carbocycles. The molecular weight excluding hydrogens is 1110 g/mol. The summed E-state index contributed by atoms with van der Waals surface area (Å²) in [5, 5.41) is 0. The third-order valence-corrected chi connectivity index (χ3v) is 16.0. The fourth-order valence-corrected chi connectivity index (χ4v) is 11.0. The van der Waals surface area contributed by atoms with Gasteiger partial charge in [-0.05, 0) is 124 Å². The van der Waals surface area contributed by atoms with E-state index >= 15 is 0 Å². The zero-order valence-corrected chi connectivity index (χ0v) is 51.0. The molecule has 15 heterocycles. The van der Waals surface area contributed by atoms with E-state index in [-0.39, 0.29) is 0 Å². The van der Waals surface area contributed by atoms with Gasteiger partial charge in [0.25, 0.3) is 0 Å². The molecule has 9 aromatic rings. The molecule has 15 aliphatic heterocycles. The van der Waals surface area contributed by atoms with Crippen LogP contribution in [0.5, 0.6) is 5.75 Å². The molecule has 0 spiro atoms. The van der Waals surface area contributed by atoms with Crippen LogP contribution in [0.4, 0.5) is 0 Å². The third-order valence-electron chi connectivity index (χ3n) is 16.0. The first-order valence-corrected chi connectivity index (χ1v) is 31.3. The number of ether oxygens (including phenoxy) is 10. The van der Waals surface area contributed by atoms with Crippen molar-refractivity contribution in [3.63, 3.8) is 0 Å². The summed E-state index contributed by atoms with van der Waals surface area (Å²) < 4.78 is 57.2. The van der Waals surface area contributed by atoms with Crippen LogP contribution in [0.25, 0.3) is 94.6 Å². The predicted octanol–water partition coefficient (Wildman–Crippen LogP) is 16.9. The summed E-state index contributed by atoms with van der Waals surface area (Å²) in [5.74, 6) is 2.13. The largest absolute Gasteiger partial charge is 0.496 e. The zero-order valence-electron chi connectivity index (χ0n) is 51.0. The smallest absolute Gasteiger partial charge is 0.119 e. The summed E-state index contributed by atoms with van der Waals surface area (Å²) in [6.45, 7) is 11.1. The molecule has 20 bridgehead atoms. The molecule has 0 fully saturated rings. The Kier molecular flexibility index (Phi) is 23.4. The van der Waals surface area contributed by atoms with Gasteiger partial charge in [0.2, 0.25) is 0 Å². The molecule has 16 aliphatic rings. The van der Waals surface area contributed by atoms with E-state index in [1.54, 1.807) is 0 Å². The Morgan fingerprint density at radius 2 is 0.382 bits per heavy atom. The highest BCUT2D eigenvalue weighted by Crippen LogP contribution is 2.36. The Balaban J connectivity index is 0.667. The summed E-state index contributed by atoms with van der Waals surface area (Å²) >= 11 is 0. The molecule has 25 rings (SSSR count). The van der Waals surface area contributed by atoms with Gasteiger partial charge in [-0.25, -0.2) is 0 Å². The van der Waals surface area contributed by atoms with Crippen LogP contribution in [0.1, 0.15) is 18.9 Å². The number of rotatable bonds is 0. The van der Waals surface area contributed by atoms with E-state index in [2.05, 4.69) is 225 Å². The molecule has 0 aromatic heterocycles. The molecule has 456 valence electrons. The third kappa shape index (κ3) is 18.4. The molecule has 10 nitrogen and oxygen atoms in total. The predicted molar refractivity (Wildman–Crippen MR) is 358 cm³/mol. The highest BCUT2D eigenvalue weighted by Gasteiger charge is 2.18. The van der Waals surface area contributed by atoms with Gasteiger partial charge in [-0.15, -0.1) is 0 Å². The van der Waals surface area contributed by atoms with Crippen LogP contribution in [0.15, 0.2) is 236 Å². The van der Waals surface area contributed by atoms with Crippen molar-refractivity contribution in [2.24, 2.45) is 5.92 Å². The molecular formula is C79H80O10. The van der Waals surface area contributed by atoms with Crippen molar-refractivity contribution in [2.45, 2.75) is 13.3 Å². The molecule has 0 saturated heterocycles. The molecule has 1 unspecified atom stereocenters. The number of hydrogen-bond acceptors (Lipinski definition) is 10. The van der Waals surface area contributed by atoms with Gasteiger partial charge in [-0.1, -0.05) is 219 Å². The fourth-order valence-electron chi connectivity index (χ4n) is 11.0. The van der Waals surface area contributed by atoms with Crippen LogP contribution >= 0.6 is 0 Å². The van der Waals surface area contributed by atoms with Gasteiger partial charge in [0.05, 0.1) is 111 Å². The first-order chi connectivity index (χ1) is 44.1. The number of fused-ring (bicyclic) bond motifs is 6. The Morgan fingerprint density at radius 3 is 0.596 bits per heavy atom. The van der Waals surface area contributed by atoms with Gasteiger partial charge in [0.1, 0.15) is 19.0 Å². The lowest BCUT2D eigenvalue weighted by molar-refractivity contribution is -0.0246. The molecule has 0 saturated carbocycles. The van der Waals surface area contributed by atoms with Gasteiger partial charge < -0.3 is 47.4 Å². The fraction of sp³-hybridized carbons (Fsp3) is 0.266. The second-order valence-corrected chi connectivity index (χ2v) is 22.1. The van der Waals surface area contributed by atoms with Crippen LogP contribution in [-0.4, -0.2) is 119 Å². The van der Waals surface area contributed by atoms with Crippen LogP contribution < -0.4 is 4.74 Å². The summed E-state index contributed by atoms with van der Waals surface area (Å²) in [4.78, 5) is 0. The maximum absolute atomic E-state index is 6.09. The normalized spacial score (nSPS) is 16.9. The van der Waals surface area contributed by atoms with Gasteiger partial charge in [-0.3, -0.25) is 0 Å². The number of benzene rings is 9. The van der Waals surface area contributed by atoms with E-state index in [1.165, 1.54) is 89.0 Å². The summed E-state index contributed by atoms with van der Waals surface area (Å²) in [6.07, 6.45) is 5.15. The van der Waals surface area contributed by atoms with E-state index in [1.807, 2.05) is 12.1 Å². The van der Waals surface area contributed by atoms with Crippen LogP contribution in [0, 0.1) is 5.92 Å². The SMILES string of the molecule is CC1CC2=CC=C1c1ccc(cc1)-c1ccc(cc1)-c1ccc(cc1)-c1ccc(cc1)-c1ccc(cc1)-c1ccc(cc1)-c1ccc(cc1)-c1ccc(cc1)-c1ccc(cc1)OCCOCCOCCOCCOCCOCCOCCOCCOCCO2. The highest BCUT2D eigenvalue weighted by atomic mass is 16.6. The maximum Gasteiger partial charge on any atom is 0.119 e. The maximum atomic E-state index is 6.09. The van der Waals surface area contributed by atoms with Crippen molar-refractivity contribution in [3.05, 3.63) is 242 Å². The minimum absolute atomic E-state index is 0.336. The first kappa shape index (κ1) is 62.4. The topological polar surface area (TPSA) is 92.3 Å². The lowest BCUT2D eigenvalue weighted by atomic mass is 9.86. The number of hydrogen-bond donors (Lipinski definition) is 0. The molecule has 89 heavy (non-hydrogen) atoms. The second kappa shape index (κ2) is 33.4. The molecule has 1 aliphatic carbocycles. The Morgan fingerprint density at radius 1 is 0.202 bits per heavy atom.